The van der Waals surface area contributed by atoms with Crippen LogP contribution in [-0.2, 0) is 4.74 Å². The highest BCUT2D eigenvalue weighted by atomic mass is 16.5. The molecule has 1 aromatic rings. The fourth-order valence-electron chi connectivity index (χ4n) is 1.66. The van der Waals surface area contributed by atoms with E-state index in [-0.39, 0.29) is 5.91 Å². The van der Waals surface area contributed by atoms with Crippen molar-refractivity contribution in [1.29, 1.82) is 0 Å². The molecule has 1 heterocycles. The maximum absolute atomic E-state index is 12.4. The average Bonchev–Trinajstić information content (AvgIpc) is 2.40. The Labute approximate surface area is 108 Å². The first-order chi connectivity index (χ1) is 8.74. The molecule has 0 aliphatic rings. The van der Waals surface area contributed by atoms with E-state index in [0.29, 0.717) is 31.1 Å². The predicted molar refractivity (Wildman–Crippen MR) is 71.9 cm³/mol. The molecule has 1 N–H and O–H groups in total. The molecule has 0 atom stereocenters. The molecule has 0 spiro atoms. The van der Waals surface area contributed by atoms with Crippen molar-refractivity contribution in [2.45, 2.75) is 13.8 Å². The lowest BCUT2D eigenvalue weighted by Crippen LogP contribution is -2.34. The van der Waals surface area contributed by atoms with E-state index < -0.39 is 0 Å². The van der Waals surface area contributed by atoms with E-state index in [1.807, 2.05) is 13.8 Å². The van der Waals surface area contributed by atoms with Gasteiger partial charge in [0.2, 0.25) is 0 Å². The van der Waals surface area contributed by atoms with Crippen LogP contribution < -0.4 is 5.32 Å². The molecule has 0 aliphatic carbocycles. The van der Waals surface area contributed by atoms with Gasteiger partial charge in [0, 0.05) is 32.9 Å². The maximum atomic E-state index is 12.4. The summed E-state index contributed by atoms with van der Waals surface area (Å²) in [5.74, 6) is 0.625. The molecule has 100 valence electrons. The number of hydrogen-bond donors (Lipinski definition) is 1. The molecule has 0 bridgehead atoms. The molecule has 5 heteroatoms. The van der Waals surface area contributed by atoms with Crippen molar-refractivity contribution in [1.82, 2.24) is 9.88 Å². The molecular formula is C13H21N3O2. The summed E-state index contributed by atoms with van der Waals surface area (Å²) in [6.45, 7) is 6.45. The van der Waals surface area contributed by atoms with Gasteiger partial charge in [-0.2, -0.15) is 0 Å². The fourth-order valence-corrected chi connectivity index (χ4v) is 1.66. The first-order valence-electron chi connectivity index (χ1n) is 6.21. The van der Waals surface area contributed by atoms with Crippen LogP contribution in [0.2, 0.25) is 0 Å². The van der Waals surface area contributed by atoms with Crippen LogP contribution in [0.15, 0.2) is 18.3 Å². The van der Waals surface area contributed by atoms with Gasteiger partial charge in [0.1, 0.15) is 5.82 Å². The van der Waals surface area contributed by atoms with Gasteiger partial charge in [-0.1, -0.05) is 0 Å². The van der Waals surface area contributed by atoms with E-state index >= 15 is 0 Å². The summed E-state index contributed by atoms with van der Waals surface area (Å²) in [7, 11) is 1.63. The van der Waals surface area contributed by atoms with Gasteiger partial charge in [0.05, 0.1) is 12.2 Å². The van der Waals surface area contributed by atoms with Crippen LogP contribution in [0.1, 0.15) is 24.2 Å². The molecule has 0 unspecified atom stereocenters. The summed E-state index contributed by atoms with van der Waals surface area (Å²) in [6, 6.07) is 3.57. The first-order valence-corrected chi connectivity index (χ1v) is 6.21. The summed E-state index contributed by atoms with van der Waals surface area (Å²) in [5.41, 5.74) is 0.609. The van der Waals surface area contributed by atoms with Crippen molar-refractivity contribution in [3.8, 4) is 0 Å². The molecule has 0 radical (unpaired) electrons. The van der Waals surface area contributed by atoms with Crippen LogP contribution in [0.4, 0.5) is 5.82 Å². The minimum absolute atomic E-state index is 0.0152. The second kappa shape index (κ2) is 7.66. The van der Waals surface area contributed by atoms with Crippen LogP contribution >= 0.6 is 0 Å². The van der Waals surface area contributed by atoms with E-state index in [1.165, 1.54) is 0 Å². The second-order valence-electron chi connectivity index (χ2n) is 3.81. The Morgan fingerprint density at radius 1 is 1.50 bits per heavy atom. The number of carbonyl (C=O) groups is 1. The molecule has 1 amide bonds. The summed E-state index contributed by atoms with van der Waals surface area (Å²) in [4.78, 5) is 18.3. The van der Waals surface area contributed by atoms with Crippen LogP contribution in [-0.4, -0.2) is 49.1 Å². The van der Waals surface area contributed by atoms with E-state index in [1.54, 1.807) is 30.3 Å². The third-order valence-electron chi connectivity index (χ3n) is 2.62. The molecule has 0 aromatic carbocycles. The number of anilines is 1. The van der Waals surface area contributed by atoms with Gasteiger partial charge >= 0.3 is 0 Å². The summed E-state index contributed by atoms with van der Waals surface area (Å²) in [5, 5.41) is 3.10. The van der Waals surface area contributed by atoms with Gasteiger partial charge in [-0.15, -0.1) is 0 Å². The second-order valence-corrected chi connectivity index (χ2v) is 3.81. The number of rotatable bonds is 7. The number of methoxy groups -OCH3 is 1. The summed E-state index contributed by atoms with van der Waals surface area (Å²) in [6.07, 6.45) is 1.68. The Morgan fingerprint density at radius 2 is 2.28 bits per heavy atom. The van der Waals surface area contributed by atoms with Crippen molar-refractivity contribution >= 4 is 11.7 Å². The van der Waals surface area contributed by atoms with E-state index in [0.717, 1.165) is 6.54 Å². The molecule has 0 aliphatic heterocycles. The Balaban J connectivity index is 2.86. The van der Waals surface area contributed by atoms with E-state index in [9.17, 15) is 4.79 Å². The van der Waals surface area contributed by atoms with Crippen LogP contribution in [0.25, 0.3) is 0 Å². The van der Waals surface area contributed by atoms with Crippen LogP contribution in [0.3, 0.4) is 0 Å². The van der Waals surface area contributed by atoms with E-state index in [4.69, 9.17) is 4.74 Å². The Morgan fingerprint density at radius 3 is 2.89 bits per heavy atom. The van der Waals surface area contributed by atoms with Gasteiger partial charge in [-0.05, 0) is 26.0 Å². The number of ether oxygens (including phenoxy) is 1. The number of nitrogens with zero attached hydrogens (tertiary/aromatic N) is 2. The number of carbonyl (C=O) groups excluding carboxylic acids is 1. The molecule has 0 saturated heterocycles. The molecule has 0 saturated carbocycles. The van der Waals surface area contributed by atoms with Crippen molar-refractivity contribution < 1.29 is 9.53 Å². The molecule has 1 aromatic heterocycles. The predicted octanol–water partition coefficient (Wildman–Crippen LogP) is 1.62. The standard InChI is InChI=1S/C13H21N3O2/c1-4-14-12-11(7-6-8-15-12)13(17)16(5-2)9-10-18-3/h6-8H,4-5,9-10H2,1-3H3,(H,14,15). The topological polar surface area (TPSA) is 54.5 Å². The lowest BCUT2D eigenvalue weighted by molar-refractivity contribution is 0.0707. The number of aromatic nitrogens is 1. The van der Waals surface area contributed by atoms with Gasteiger partial charge < -0.3 is 15.0 Å². The van der Waals surface area contributed by atoms with Crippen LogP contribution in [0.5, 0.6) is 0 Å². The van der Waals surface area contributed by atoms with Gasteiger partial charge in [0.25, 0.3) is 5.91 Å². The Bertz CT molecular complexity index is 382. The zero-order chi connectivity index (χ0) is 13.4. The monoisotopic (exact) mass is 251 g/mol. The number of likely N-dealkylation sites (N-methyl/N-ethyl adjacent to an activating group) is 1. The molecule has 0 fully saturated rings. The highest BCUT2D eigenvalue weighted by Gasteiger charge is 2.17. The highest BCUT2D eigenvalue weighted by molar-refractivity contribution is 5.98. The lowest BCUT2D eigenvalue weighted by atomic mass is 10.2. The molecule has 18 heavy (non-hydrogen) atoms. The summed E-state index contributed by atoms with van der Waals surface area (Å²) >= 11 is 0. The molecule has 5 nitrogen and oxygen atoms in total. The molecular weight excluding hydrogens is 230 g/mol. The van der Waals surface area contributed by atoms with Gasteiger partial charge in [-0.3, -0.25) is 4.79 Å². The zero-order valence-corrected chi connectivity index (χ0v) is 11.3. The third kappa shape index (κ3) is 3.70. The quantitative estimate of drug-likeness (QED) is 0.800. The SMILES string of the molecule is CCNc1ncccc1C(=O)N(CC)CCOC. The number of hydrogen-bond acceptors (Lipinski definition) is 4. The van der Waals surface area contributed by atoms with E-state index in [2.05, 4.69) is 10.3 Å². The van der Waals surface area contributed by atoms with Crippen LogP contribution in [0, 0.1) is 0 Å². The lowest BCUT2D eigenvalue weighted by Gasteiger charge is -2.21. The van der Waals surface area contributed by atoms with Crippen molar-refractivity contribution in [2.24, 2.45) is 0 Å². The fraction of sp³-hybridized carbons (Fsp3) is 0.538. The minimum atomic E-state index is -0.0152. The minimum Gasteiger partial charge on any atom is -0.383 e. The highest BCUT2D eigenvalue weighted by Crippen LogP contribution is 2.14. The normalized spacial score (nSPS) is 10.2. The summed E-state index contributed by atoms with van der Waals surface area (Å²) < 4.78 is 5.01. The average molecular weight is 251 g/mol. The third-order valence-corrected chi connectivity index (χ3v) is 2.62. The number of amides is 1. The van der Waals surface area contributed by atoms with Crippen molar-refractivity contribution in [2.75, 3.05) is 38.7 Å². The van der Waals surface area contributed by atoms with Crippen molar-refractivity contribution in [3.05, 3.63) is 23.9 Å². The number of nitrogens with one attached hydrogen (secondary N) is 1. The van der Waals surface area contributed by atoms with Crippen molar-refractivity contribution in [3.63, 3.8) is 0 Å². The van der Waals surface area contributed by atoms with Gasteiger partial charge in [0.15, 0.2) is 0 Å². The largest absolute Gasteiger partial charge is 0.383 e. The Kier molecular flexibility index (Phi) is 6.14. The van der Waals surface area contributed by atoms with Gasteiger partial charge in [-0.25, -0.2) is 4.98 Å². The Hall–Kier alpha value is -1.62. The maximum Gasteiger partial charge on any atom is 0.257 e. The molecule has 1 rings (SSSR count). The number of pyridine rings is 1. The smallest absolute Gasteiger partial charge is 0.257 e. The zero-order valence-electron chi connectivity index (χ0n) is 11.3. The first kappa shape index (κ1) is 14.4.